The van der Waals surface area contributed by atoms with Gasteiger partial charge in [0, 0.05) is 17.2 Å². The summed E-state index contributed by atoms with van der Waals surface area (Å²) in [5.74, 6) is 0.836. The molecule has 0 atom stereocenters. The van der Waals surface area contributed by atoms with Crippen molar-refractivity contribution in [3.8, 4) is 11.5 Å². The fraction of sp³-hybridized carbons (Fsp3) is 0.158. The van der Waals surface area contributed by atoms with Crippen molar-refractivity contribution in [2.75, 3.05) is 0 Å². The van der Waals surface area contributed by atoms with Crippen LogP contribution in [-0.2, 0) is 0 Å². The van der Waals surface area contributed by atoms with E-state index in [1.807, 2.05) is 0 Å². The van der Waals surface area contributed by atoms with Crippen molar-refractivity contribution in [3.05, 3.63) is 90.5 Å². The van der Waals surface area contributed by atoms with E-state index >= 15 is 0 Å². The molecule has 3 aromatic rings. The lowest BCUT2D eigenvalue weighted by atomic mass is 9.84. The van der Waals surface area contributed by atoms with E-state index in [1.165, 1.54) is 0 Å². The predicted molar refractivity (Wildman–Crippen MR) is 91.9 cm³/mol. The van der Waals surface area contributed by atoms with E-state index in [1.54, 1.807) is 50.2 Å². The highest BCUT2D eigenvalue weighted by molar-refractivity contribution is 6.31. The molecule has 1 aliphatic heterocycles. The molecule has 126 valence electrons. The van der Waals surface area contributed by atoms with Crippen molar-refractivity contribution in [2.45, 2.75) is 19.8 Å². The van der Waals surface area contributed by atoms with E-state index in [0.717, 1.165) is 0 Å². The molecule has 0 amide bonds. The third kappa shape index (κ3) is 2.48. The Morgan fingerprint density at radius 3 is 1.92 bits per heavy atom. The first-order chi connectivity index (χ1) is 12.0. The summed E-state index contributed by atoms with van der Waals surface area (Å²) in [7, 11) is 0. The Balaban J connectivity index is 2.12. The van der Waals surface area contributed by atoms with Crippen molar-refractivity contribution < 1.29 is 13.6 Å². The molecule has 0 spiro atoms. The normalized spacial score (nSPS) is 13.1. The molecule has 0 radical (unpaired) electrons. The lowest BCUT2D eigenvalue weighted by Gasteiger charge is -2.26. The average Bonchev–Trinajstić information content (AvgIpc) is 2.53. The van der Waals surface area contributed by atoms with Gasteiger partial charge in [-0.25, -0.2) is 9.59 Å². The first kappa shape index (κ1) is 15.7. The molecular weight excluding hydrogens is 344 g/mol. The molecule has 0 unspecified atom stereocenters. The lowest BCUT2D eigenvalue weighted by molar-refractivity contribution is 0.389. The van der Waals surface area contributed by atoms with Crippen molar-refractivity contribution in [3.63, 3.8) is 0 Å². The van der Waals surface area contributed by atoms with Gasteiger partial charge >= 0.3 is 11.3 Å². The molecule has 4 rings (SSSR count). The topological polar surface area (TPSA) is 69.7 Å². The van der Waals surface area contributed by atoms with Gasteiger partial charge < -0.3 is 13.6 Å². The minimum Gasteiger partial charge on any atom is -0.456 e. The first-order valence-electron chi connectivity index (χ1n) is 7.67. The molecule has 3 heterocycles. The minimum atomic E-state index is -0.721. The monoisotopic (exact) mass is 356 g/mol. The summed E-state index contributed by atoms with van der Waals surface area (Å²) in [6, 6.07) is 10.3. The summed E-state index contributed by atoms with van der Waals surface area (Å²) >= 11 is 6.35. The Hall–Kier alpha value is -2.79. The van der Waals surface area contributed by atoms with Crippen LogP contribution in [0.2, 0.25) is 5.02 Å². The van der Waals surface area contributed by atoms with Gasteiger partial charge in [-0.05, 0) is 25.5 Å². The van der Waals surface area contributed by atoms with Crippen LogP contribution in [0.4, 0.5) is 0 Å². The number of ether oxygens (including phenoxy) is 1. The summed E-state index contributed by atoms with van der Waals surface area (Å²) in [5.41, 5.74) is -0.0388. The summed E-state index contributed by atoms with van der Waals surface area (Å²) in [4.78, 5) is 25.1. The van der Waals surface area contributed by atoms with Crippen LogP contribution in [0.1, 0.15) is 34.1 Å². The molecule has 0 saturated heterocycles. The van der Waals surface area contributed by atoms with Crippen molar-refractivity contribution >= 4 is 11.6 Å². The van der Waals surface area contributed by atoms with E-state index in [-0.39, 0.29) is 11.1 Å². The molecule has 0 bridgehead atoms. The maximum Gasteiger partial charge on any atom is 0.343 e. The molecule has 0 N–H and O–H groups in total. The zero-order valence-corrected chi connectivity index (χ0v) is 14.2. The van der Waals surface area contributed by atoms with Crippen LogP contribution in [0, 0.1) is 13.8 Å². The number of halogens is 1. The van der Waals surface area contributed by atoms with Gasteiger partial charge in [-0.15, -0.1) is 0 Å². The summed E-state index contributed by atoms with van der Waals surface area (Å²) in [5, 5.41) is 0.436. The lowest BCUT2D eigenvalue weighted by Crippen LogP contribution is -2.26. The molecule has 0 aliphatic carbocycles. The van der Waals surface area contributed by atoms with Crippen LogP contribution >= 0.6 is 11.6 Å². The molecule has 0 saturated carbocycles. The molecule has 2 aromatic heterocycles. The van der Waals surface area contributed by atoms with E-state index in [2.05, 4.69) is 0 Å². The second-order valence-electron chi connectivity index (χ2n) is 5.90. The van der Waals surface area contributed by atoms with Crippen LogP contribution in [0.3, 0.4) is 0 Å². The molecule has 25 heavy (non-hydrogen) atoms. The average molecular weight is 357 g/mol. The highest BCUT2D eigenvalue weighted by atomic mass is 35.5. The van der Waals surface area contributed by atoms with E-state index < -0.39 is 17.2 Å². The highest BCUT2D eigenvalue weighted by Gasteiger charge is 2.36. The Kier molecular flexibility index (Phi) is 3.54. The van der Waals surface area contributed by atoms with Crippen LogP contribution < -0.4 is 16.0 Å². The van der Waals surface area contributed by atoms with Gasteiger partial charge in [0.15, 0.2) is 0 Å². The first-order valence-corrected chi connectivity index (χ1v) is 8.05. The standard InChI is InChI=1S/C19H13ClO5/c1-9-7-13-16(18(21)23-9)15(11-5-3-4-6-12(11)20)17-14(25-13)8-10(2)24-19(17)22/h3-8,15H,1-2H3. The van der Waals surface area contributed by atoms with Gasteiger partial charge in [0.2, 0.25) is 0 Å². The quantitative estimate of drug-likeness (QED) is 0.512. The molecule has 1 aromatic carbocycles. The second kappa shape index (κ2) is 5.63. The predicted octanol–water partition coefficient (Wildman–Crippen LogP) is 4.15. The van der Waals surface area contributed by atoms with Gasteiger partial charge in [-0.2, -0.15) is 0 Å². The van der Waals surface area contributed by atoms with Gasteiger partial charge in [-0.1, -0.05) is 29.8 Å². The van der Waals surface area contributed by atoms with Crippen LogP contribution in [0.15, 0.2) is 54.8 Å². The number of fused-ring (bicyclic) bond motifs is 2. The van der Waals surface area contributed by atoms with Gasteiger partial charge in [0.1, 0.15) is 23.0 Å². The van der Waals surface area contributed by atoms with E-state index in [9.17, 15) is 9.59 Å². The van der Waals surface area contributed by atoms with Gasteiger partial charge in [0.25, 0.3) is 0 Å². The Labute approximate surface area is 147 Å². The number of hydrogen-bond acceptors (Lipinski definition) is 5. The van der Waals surface area contributed by atoms with Crippen LogP contribution in [-0.4, -0.2) is 0 Å². The van der Waals surface area contributed by atoms with Crippen LogP contribution in [0.25, 0.3) is 0 Å². The fourth-order valence-corrected chi connectivity index (χ4v) is 3.40. The molecular formula is C19H13ClO5. The highest BCUT2D eigenvalue weighted by Crippen LogP contribution is 2.46. The molecule has 6 heteroatoms. The Morgan fingerprint density at radius 2 is 1.40 bits per heavy atom. The number of hydrogen-bond donors (Lipinski definition) is 0. The second-order valence-corrected chi connectivity index (χ2v) is 6.31. The van der Waals surface area contributed by atoms with Crippen molar-refractivity contribution in [1.29, 1.82) is 0 Å². The minimum absolute atomic E-state index is 0.238. The van der Waals surface area contributed by atoms with Gasteiger partial charge in [-0.3, -0.25) is 0 Å². The number of rotatable bonds is 1. The Morgan fingerprint density at radius 1 is 0.880 bits per heavy atom. The fourth-order valence-electron chi connectivity index (χ4n) is 3.16. The number of aryl methyl sites for hydroxylation is 2. The third-order valence-electron chi connectivity index (χ3n) is 4.16. The molecule has 5 nitrogen and oxygen atoms in total. The zero-order valence-electron chi connectivity index (χ0n) is 13.5. The number of benzene rings is 1. The summed E-state index contributed by atoms with van der Waals surface area (Å²) < 4.78 is 16.3. The smallest absolute Gasteiger partial charge is 0.343 e. The maximum atomic E-state index is 12.5. The Bertz CT molecular complexity index is 1040. The summed E-state index contributed by atoms with van der Waals surface area (Å²) in [6.07, 6.45) is 0. The third-order valence-corrected chi connectivity index (χ3v) is 4.50. The van der Waals surface area contributed by atoms with E-state index in [0.29, 0.717) is 33.6 Å². The van der Waals surface area contributed by atoms with Crippen molar-refractivity contribution in [1.82, 2.24) is 0 Å². The summed E-state index contributed by atoms with van der Waals surface area (Å²) in [6.45, 7) is 3.32. The van der Waals surface area contributed by atoms with E-state index in [4.69, 9.17) is 25.2 Å². The van der Waals surface area contributed by atoms with Crippen LogP contribution in [0.5, 0.6) is 11.5 Å². The molecule has 0 fully saturated rings. The van der Waals surface area contributed by atoms with Gasteiger partial charge in [0.05, 0.1) is 17.0 Å². The van der Waals surface area contributed by atoms with Crippen molar-refractivity contribution in [2.24, 2.45) is 0 Å². The zero-order chi connectivity index (χ0) is 17.7. The maximum absolute atomic E-state index is 12.5. The SMILES string of the molecule is Cc1cc2c(c(=O)o1)C(c1ccccc1Cl)c1c(cc(C)oc1=O)O2. The molecule has 1 aliphatic rings. The largest absolute Gasteiger partial charge is 0.456 e.